The lowest BCUT2D eigenvalue weighted by atomic mass is 9.89. The first-order valence-corrected chi connectivity index (χ1v) is 11.2. The van der Waals surface area contributed by atoms with Gasteiger partial charge in [0.15, 0.2) is 11.5 Å². The number of hydrogen-bond acceptors (Lipinski definition) is 4. The molecular weight excluding hydrogens is 458 g/mol. The standard InChI is InChI=1S/C25H26BrNO4/c1-30-22-14-20(21(26)15-23(22)31-2)24(27-12-10-17(11-13-27)25(28)29)19-9-5-7-16-6-3-4-8-18(16)19/h3-9,14-15,17,24H,10-13H2,1-2H3,(H,28,29). The monoisotopic (exact) mass is 483 g/mol. The molecule has 0 bridgehead atoms. The third-order valence-corrected chi connectivity index (χ3v) is 6.85. The molecule has 0 saturated carbocycles. The topological polar surface area (TPSA) is 59.0 Å². The number of methoxy groups -OCH3 is 2. The van der Waals surface area contributed by atoms with Crippen LogP contribution < -0.4 is 9.47 Å². The minimum Gasteiger partial charge on any atom is -0.493 e. The second kappa shape index (κ2) is 9.28. The molecule has 1 aliphatic heterocycles. The van der Waals surface area contributed by atoms with Crippen molar-refractivity contribution in [3.63, 3.8) is 0 Å². The molecule has 4 rings (SSSR count). The van der Waals surface area contributed by atoms with Gasteiger partial charge in [0.1, 0.15) is 0 Å². The highest BCUT2D eigenvalue weighted by Gasteiger charge is 2.32. The molecule has 162 valence electrons. The lowest BCUT2D eigenvalue weighted by Gasteiger charge is -2.38. The lowest BCUT2D eigenvalue weighted by molar-refractivity contribution is -0.143. The Morgan fingerprint density at radius 2 is 1.65 bits per heavy atom. The van der Waals surface area contributed by atoms with Crippen LogP contribution in [0.2, 0.25) is 0 Å². The van der Waals surface area contributed by atoms with Crippen LogP contribution in [0.1, 0.15) is 30.0 Å². The normalized spacial score (nSPS) is 16.2. The van der Waals surface area contributed by atoms with Gasteiger partial charge < -0.3 is 14.6 Å². The van der Waals surface area contributed by atoms with Gasteiger partial charge in [0.05, 0.1) is 26.2 Å². The summed E-state index contributed by atoms with van der Waals surface area (Å²) in [7, 11) is 3.27. The molecule has 1 atom stereocenters. The number of piperidine rings is 1. The van der Waals surface area contributed by atoms with Crippen molar-refractivity contribution < 1.29 is 19.4 Å². The van der Waals surface area contributed by atoms with Crippen LogP contribution in [-0.4, -0.2) is 43.3 Å². The van der Waals surface area contributed by atoms with Crippen LogP contribution in [0, 0.1) is 5.92 Å². The molecule has 1 unspecified atom stereocenters. The van der Waals surface area contributed by atoms with E-state index in [1.165, 1.54) is 16.3 Å². The molecule has 1 aliphatic rings. The van der Waals surface area contributed by atoms with E-state index in [4.69, 9.17) is 9.47 Å². The number of fused-ring (bicyclic) bond motifs is 1. The summed E-state index contributed by atoms with van der Waals surface area (Å²) in [4.78, 5) is 13.9. The first kappa shape index (κ1) is 21.7. The van der Waals surface area contributed by atoms with Crippen molar-refractivity contribution in [2.45, 2.75) is 18.9 Å². The smallest absolute Gasteiger partial charge is 0.306 e. The van der Waals surface area contributed by atoms with E-state index in [2.05, 4.69) is 57.2 Å². The van der Waals surface area contributed by atoms with Crippen LogP contribution in [0.5, 0.6) is 11.5 Å². The Labute approximate surface area is 190 Å². The van der Waals surface area contributed by atoms with Crippen molar-refractivity contribution in [3.8, 4) is 11.5 Å². The predicted octanol–water partition coefficient (Wildman–Crippen LogP) is 5.51. The van der Waals surface area contributed by atoms with E-state index in [1.807, 2.05) is 18.2 Å². The fraction of sp³-hybridized carbons (Fsp3) is 0.320. The van der Waals surface area contributed by atoms with Crippen LogP contribution in [0.25, 0.3) is 10.8 Å². The maximum Gasteiger partial charge on any atom is 0.306 e. The molecule has 0 radical (unpaired) electrons. The van der Waals surface area contributed by atoms with E-state index in [0.717, 1.165) is 10.0 Å². The fourth-order valence-electron chi connectivity index (χ4n) is 4.53. The summed E-state index contributed by atoms with van der Waals surface area (Å²) in [5.74, 6) is 0.359. The summed E-state index contributed by atoms with van der Waals surface area (Å²) in [5, 5.41) is 11.8. The Morgan fingerprint density at radius 3 is 2.32 bits per heavy atom. The summed E-state index contributed by atoms with van der Waals surface area (Å²) < 4.78 is 12.0. The largest absolute Gasteiger partial charge is 0.493 e. The zero-order valence-corrected chi connectivity index (χ0v) is 19.3. The van der Waals surface area contributed by atoms with Gasteiger partial charge in [-0.3, -0.25) is 9.69 Å². The Morgan fingerprint density at radius 1 is 1.00 bits per heavy atom. The summed E-state index contributed by atoms with van der Waals surface area (Å²) in [6.45, 7) is 1.43. The summed E-state index contributed by atoms with van der Waals surface area (Å²) in [5.41, 5.74) is 2.27. The summed E-state index contributed by atoms with van der Waals surface area (Å²) in [6, 6.07) is 18.7. The number of carboxylic acids is 1. The van der Waals surface area contributed by atoms with Gasteiger partial charge in [0.25, 0.3) is 0 Å². The predicted molar refractivity (Wildman–Crippen MR) is 125 cm³/mol. The van der Waals surface area contributed by atoms with Crippen molar-refractivity contribution in [1.82, 2.24) is 4.90 Å². The summed E-state index contributed by atoms with van der Waals surface area (Å²) >= 11 is 3.76. The number of hydrogen-bond donors (Lipinski definition) is 1. The van der Waals surface area contributed by atoms with Crippen molar-refractivity contribution in [1.29, 1.82) is 0 Å². The molecule has 3 aromatic carbocycles. The minimum absolute atomic E-state index is 0.0463. The number of rotatable bonds is 6. The van der Waals surface area contributed by atoms with E-state index in [9.17, 15) is 9.90 Å². The van der Waals surface area contributed by atoms with E-state index in [0.29, 0.717) is 37.4 Å². The van der Waals surface area contributed by atoms with Crippen molar-refractivity contribution in [2.24, 2.45) is 5.92 Å². The second-order valence-corrected chi connectivity index (χ2v) is 8.70. The van der Waals surface area contributed by atoms with Gasteiger partial charge >= 0.3 is 5.97 Å². The quantitative estimate of drug-likeness (QED) is 0.501. The molecule has 1 saturated heterocycles. The second-order valence-electron chi connectivity index (χ2n) is 7.85. The SMILES string of the molecule is COc1cc(Br)c(C(c2cccc3ccccc23)N2CCC(C(=O)O)CC2)cc1OC. The number of benzene rings is 3. The minimum atomic E-state index is -0.700. The van der Waals surface area contributed by atoms with Gasteiger partial charge in [-0.15, -0.1) is 0 Å². The molecule has 3 aromatic rings. The fourth-order valence-corrected chi connectivity index (χ4v) is 5.07. The van der Waals surface area contributed by atoms with E-state index < -0.39 is 5.97 Å². The van der Waals surface area contributed by atoms with E-state index >= 15 is 0 Å². The Hall–Kier alpha value is -2.57. The van der Waals surface area contributed by atoms with Crippen LogP contribution >= 0.6 is 15.9 Å². The highest BCUT2D eigenvalue weighted by atomic mass is 79.9. The molecule has 31 heavy (non-hydrogen) atoms. The van der Waals surface area contributed by atoms with Crippen molar-refractivity contribution in [3.05, 3.63) is 70.2 Å². The van der Waals surface area contributed by atoms with Gasteiger partial charge in [0, 0.05) is 4.47 Å². The van der Waals surface area contributed by atoms with Gasteiger partial charge in [-0.2, -0.15) is 0 Å². The zero-order chi connectivity index (χ0) is 22.0. The van der Waals surface area contributed by atoms with E-state index in [1.54, 1.807) is 14.2 Å². The number of likely N-dealkylation sites (tertiary alicyclic amines) is 1. The first-order valence-electron chi connectivity index (χ1n) is 10.4. The van der Waals surface area contributed by atoms with Crippen molar-refractivity contribution >= 4 is 32.7 Å². The van der Waals surface area contributed by atoms with Gasteiger partial charge in [-0.25, -0.2) is 0 Å². The number of nitrogens with zero attached hydrogens (tertiary/aromatic N) is 1. The highest BCUT2D eigenvalue weighted by molar-refractivity contribution is 9.10. The molecule has 0 aliphatic carbocycles. The maximum atomic E-state index is 11.5. The zero-order valence-electron chi connectivity index (χ0n) is 17.7. The molecule has 5 nitrogen and oxygen atoms in total. The van der Waals surface area contributed by atoms with Crippen molar-refractivity contribution in [2.75, 3.05) is 27.3 Å². The number of halogens is 1. The molecular formula is C25H26BrNO4. The van der Waals surface area contributed by atoms with Crippen LogP contribution in [0.4, 0.5) is 0 Å². The van der Waals surface area contributed by atoms with Gasteiger partial charge in [0.2, 0.25) is 0 Å². The molecule has 0 aromatic heterocycles. The number of aliphatic carboxylic acids is 1. The molecule has 1 fully saturated rings. The molecule has 1 heterocycles. The number of carbonyl (C=O) groups is 1. The van der Waals surface area contributed by atoms with E-state index in [-0.39, 0.29) is 12.0 Å². The van der Waals surface area contributed by atoms with Crippen LogP contribution in [-0.2, 0) is 4.79 Å². The van der Waals surface area contributed by atoms with Crippen LogP contribution in [0.15, 0.2) is 59.1 Å². The van der Waals surface area contributed by atoms with Gasteiger partial charge in [-0.05, 0) is 60.0 Å². The van der Waals surface area contributed by atoms with Gasteiger partial charge in [-0.1, -0.05) is 58.4 Å². The first-order chi connectivity index (χ1) is 15.0. The number of carboxylic acid groups (broad SMARTS) is 1. The molecule has 6 heteroatoms. The third kappa shape index (κ3) is 4.27. The molecule has 0 amide bonds. The Balaban J connectivity index is 1.85. The Kier molecular flexibility index (Phi) is 6.49. The van der Waals surface area contributed by atoms with Crippen LogP contribution in [0.3, 0.4) is 0 Å². The number of ether oxygens (including phenoxy) is 2. The Bertz CT molecular complexity index is 1090. The molecule has 0 spiro atoms. The molecule has 1 N–H and O–H groups in total. The maximum absolute atomic E-state index is 11.5. The average Bonchev–Trinajstić information content (AvgIpc) is 2.80. The summed E-state index contributed by atoms with van der Waals surface area (Å²) in [6.07, 6.45) is 1.28. The third-order valence-electron chi connectivity index (χ3n) is 6.16. The lowest BCUT2D eigenvalue weighted by Crippen LogP contribution is -2.39. The average molecular weight is 484 g/mol. The highest BCUT2D eigenvalue weighted by Crippen LogP contribution is 2.43.